The summed E-state index contributed by atoms with van der Waals surface area (Å²) in [5, 5.41) is 8.86. The van der Waals surface area contributed by atoms with Gasteiger partial charge in [0.05, 0.1) is 11.4 Å². The second-order valence-corrected chi connectivity index (χ2v) is 8.67. The SMILES string of the molecule is CCc1ncnc(N2CC3CN(c4ccc(C(C)(C)C)nn4)CC3C2)c1F. The van der Waals surface area contributed by atoms with Crippen molar-refractivity contribution in [2.24, 2.45) is 11.8 Å². The van der Waals surface area contributed by atoms with Gasteiger partial charge in [0, 0.05) is 43.4 Å². The molecule has 2 aliphatic heterocycles. The van der Waals surface area contributed by atoms with Crippen LogP contribution >= 0.6 is 0 Å². The fourth-order valence-corrected chi connectivity index (χ4v) is 4.11. The molecule has 2 aromatic rings. The smallest absolute Gasteiger partial charge is 0.187 e. The molecule has 2 aromatic heterocycles. The van der Waals surface area contributed by atoms with Crippen LogP contribution in [0.1, 0.15) is 39.1 Å². The second kappa shape index (κ2) is 6.69. The Kier molecular flexibility index (Phi) is 4.48. The highest BCUT2D eigenvalue weighted by atomic mass is 19.1. The molecule has 2 aliphatic rings. The quantitative estimate of drug-likeness (QED) is 0.828. The van der Waals surface area contributed by atoms with Crippen LogP contribution in [0.2, 0.25) is 0 Å². The van der Waals surface area contributed by atoms with Crippen molar-refractivity contribution >= 4 is 11.6 Å². The van der Waals surface area contributed by atoms with Crippen molar-refractivity contribution in [1.82, 2.24) is 20.2 Å². The lowest BCUT2D eigenvalue weighted by Crippen LogP contribution is -2.30. The summed E-state index contributed by atoms with van der Waals surface area (Å²) in [5.41, 5.74) is 1.50. The molecular weight excluding hydrogens is 343 g/mol. The normalized spacial score (nSPS) is 22.4. The van der Waals surface area contributed by atoms with Gasteiger partial charge in [-0.3, -0.25) is 0 Å². The van der Waals surface area contributed by atoms with E-state index in [4.69, 9.17) is 0 Å². The molecule has 2 saturated heterocycles. The van der Waals surface area contributed by atoms with E-state index < -0.39 is 0 Å². The van der Waals surface area contributed by atoms with Crippen molar-refractivity contribution in [3.8, 4) is 0 Å². The van der Waals surface area contributed by atoms with Crippen molar-refractivity contribution in [2.45, 2.75) is 39.5 Å². The van der Waals surface area contributed by atoms with E-state index in [-0.39, 0.29) is 11.2 Å². The monoisotopic (exact) mass is 370 g/mol. The molecule has 2 unspecified atom stereocenters. The van der Waals surface area contributed by atoms with Crippen molar-refractivity contribution in [1.29, 1.82) is 0 Å². The number of hydrogen-bond donors (Lipinski definition) is 0. The maximum Gasteiger partial charge on any atom is 0.187 e. The summed E-state index contributed by atoms with van der Waals surface area (Å²) in [5.74, 6) is 2.12. The van der Waals surface area contributed by atoms with E-state index in [0.717, 1.165) is 37.7 Å². The fourth-order valence-electron chi connectivity index (χ4n) is 4.11. The number of fused-ring (bicyclic) bond motifs is 1. The third-order valence-electron chi connectivity index (χ3n) is 5.71. The zero-order valence-electron chi connectivity index (χ0n) is 16.5. The molecule has 7 heteroatoms. The van der Waals surface area contributed by atoms with Crippen LogP contribution in [0.3, 0.4) is 0 Å². The molecule has 6 nitrogen and oxygen atoms in total. The Morgan fingerprint density at radius 1 is 1.00 bits per heavy atom. The molecule has 2 fully saturated rings. The summed E-state index contributed by atoms with van der Waals surface area (Å²) in [6.45, 7) is 11.8. The molecule has 27 heavy (non-hydrogen) atoms. The number of hydrogen-bond acceptors (Lipinski definition) is 6. The average molecular weight is 370 g/mol. The molecule has 0 N–H and O–H groups in total. The first-order valence-electron chi connectivity index (χ1n) is 9.70. The molecule has 0 saturated carbocycles. The lowest BCUT2D eigenvalue weighted by molar-refractivity contribution is 0.533. The van der Waals surface area contributed by atoms with E-state index in [0.29, 0.717) is 29.8 Å². The van der Waals surface area contributed by atoms with Crippen LogP contribution in [0.15, 0.2) is 18.5 Å². The first-order chi connectivity index (χ1) is 12.9. The summed E-state index contributed by atoms with van der Waals surface area (Å²) in [6, 6.07) is 4.15. The average Bonchev–Trinajstić information content (AvgIpc) is 3.20. The van der Waals surface area contributed by atoms with E-state index in [2.05, 4.69) is 62.9 Å². The van der Waals surface area contributed by atoms with Gasteiger partial charge in [-0.1, -0.05) is 27.7 Å². The molecule has 0 bridgehead atoms. The van der Waals surface area contributed by atoms with Gasteiger partial charge in [-0.05, 0) is 18.6 Å². The second-order valence-electron chi connectivity index (χ2n) is 8.67. The Balaban J connectivity index is 1.44. The van der Waals surface area contributed by atoms with Crippen molar-refractivity contribution in [3.05, 3.63) is 35.7 Å². The number of aryl methyl sites for hydroxylation is 1. The molecule has 0 amide bonds. The highest BCUT2D eigenvalue weighted by Crippen LogP contribution is 2.36. The van der Waals surface area contributed by atoms with Crippen molar-refractivity contribution in [2.75, 3.05) is 36.0 Å². The topological polar surface area (TPSA) is 58.0 Å². The Morgan fingerprint density at radius 2 is 1.67 bits per heavy atom. The Morgan fingerprint density at radius 3 is 2.22 bits per heavy atom. The summed E-state index contributed by atoms with van der Waals surface area (Å²) < 4.78 is 14.6. The molecule has 4 heterocycles. The Hall–Kier alpha value is -2.31. The predicted octanol–water partition coefficient (Wildman–Crippen LogP) is 2.84. The largest absolute Gasteiger partial charge is 0.354 e. The van der Waals surface area contributed by atoms with Crippen molar-refractivity contribution in [3.63, 3.8) is 0 Å². The van der Waals surface area contributed by atoms with Gasteiger partial charge in [0.1, 0.15) is 6.33 Å². The number of halogens is 1. The Bertz CT molecular complexity index is 802. The lowest BCUT2D eigenvalue weighted by atomic mass is 9.92. The van der Waals surface area contributed by atoms with Gasteiger partial charge in [0.25, 0.3) is 0 Å². The van der Waals surface area contributed by atoms with Crippen LogP contribution in [-0.2, 0) is 11.8 Å². The van der Waals surface area contributed by atoms with Gasteiger partial charge in [-0.15, -0.1) is 5.10 Å². The minimum atomic E-state index is -0.263. The Labute approximate surface area is 159 Å². The number of nitrogens with zero attached hydrogens (tertiary/aromatic N) is 6. The van der Waals surface area contributed by atoms with Gasteiger partial charge in [0.15, 0.2) is 17.5 Å². The zero-order valence-corrected chi connectivity index (χ0v) is 16.5. The third-order valence-corrected chi connectivity index (χ3v) is 5.71. The summed E-state index contributed by atoms with van der Waals surface area (Å²) in [6.07, 6.45) is 2.06. The fraction of sp³-hybridized carbons (Fsp3) is 0.600. The van der Waals surface area contributed by atoms with Crippen molar-refractivity contribution < 1.29 is 4.39 Å². The summed E-state index contributed by atoms with van der Waals surface area (Å²) in [4.78, 5) is 12.6. The summed E-state index contributed by atoms with van der Waals surface area (Å²) >= 11 is 0. The van der Waals surface area contributed by atoms with Crippen LogP contribution < -0.4 is 9.80 Å². The maximum absolute atomic E-state index is 14.6. The molecular formula is C20H27FN6. The van der Waals surface area contributed by atoms with Crippen LogP contribution in [0.5, 0.6) is 0 Å². The number of rotatable bonds is 3. The number of aromatic nitrogens is 4. The lowest BCUT2D eigenvalue weighted by Gasteiger charge is -2.24. The van der Waals surface area contributed by atoms with Gasteiger partial charge in [-0.2, -0.15) is 5.10 Å². The molecule has 0 aliphatic carbocycles. The summed E-state index contributed by atoms with van der Waals surface area (Å²) in [7, 11) is 0. The van der Waals surface area contributed by atoms with Crippen LogP contribution in [0, 0.1) is 17.7 Å². The third kappa shape index (κ3) is 3.35. The van der Waals surface area contributed by atoms with Gasteiger partial charge in [0.2, 0.25) is 0 Å². The van der Waals surface area contributed by atoms with Crippen LogP contribution in [0.4, 0.5) is 16.0 Å². The standard InChI is InChI=1S/C20H27FN6/c1-5-15-18(21)19(23-12-22-15)27-10-13-8-26(9-14(13)11-27)17-7-6-16(24-25-17)20(2,3)4/h6-7,12-14H,5,8-11H2,1-4H3. The highest BCUT2D eigenvalue weighted by Gasteiger charge is 2.41. The van der Waals surface area contributed by atoms with E-state index in [1.54, 1.807) is 0 Å². The molecule has 0 radical (unpaired) electrons. The van der Waals surface area contributed by atoms with Gasteiger partial charge < -0.3 is 9.80 Å². The highest BCUT2D eigenvalue weighted by molar-refractivity contribution is 5.46. The minimum absolute atomic E-state index is 0.00645. The minimum Gasteiger partial charge on any atom is -0.354 e. The number of anilines is 2. The predicted molar refractivity (Wildman–Crippen MR) is 104 cm³/mol. The first kappa shape index (κ1) is 18.1. The van der Waals surface area contributed by atoms with Gasteiger partial charge >= 0.3 is 0 Å². The molecule has 144 valence electrons. The zero-order chi connectivity index (χ0) is 19.2. The molecule has 0 spiro atoms. The van der Waals surface area contributed by atoms with Crippen LogP contribution in [0.25, 0.3) is 0 Å². The molecule has 2 atom stereocenters. The molecule has 4 rings (SSSR count). The van der Waals surface area contributed by atoms with E-state index in [1.807, 2.05) is 6.92 Å². The first-order valence-corrected chi connectivity index (χ1v) is 9.70. The van der Waals surface area contributed by atoms with Crippen LogP contribution in [-0.4, -0.2) is 46.3 Å². The molecule has 0 aromatic carbocycles. The van der Waals surface area contributed by atoms with E-state index in [9.17, 15) is 4.39 Å². The maximum atomic E-state index is 14.6. The van der Waals surface area contributed by atoms with E-state index >= 15 is 0 Å². The van der Waals surface area contributed by atoms with Gasteiger partial charge in [-0.25, -0.2) is 14.4 Å². The van der Waals surface area contributed by atoms with E-state index in [1.165, 1.54) is 6.33 Å².